The van der Waals surface area contributed by atoms with Crippen LogP contribution in [0.5, 0.6) is 0 Å². The first kappa shape index (κ1) is 20.0. The molecule has 2 aliphatic rings. The quantitative estimate of drug-likeness (QED) is 0.642. The Kier molecular flexibility index (Phi) is 4.70. The lowest BCUT2D eigenvalue weighted by molar-refractivity contribution is 0.548. The molecule has 156 valence electrons. The fourth-order valence-corrected chi connectivity index (χ4v) is 6.42. The van der Waals surface area contributed by atoms with Crippen LogP contribution < -0.4 is 16.2 Å². The van der Waals surface area contributed by atoms with Crippen molar-refractivity contribution in [2.75, 3.05) is 24.5 Å². The van der Waals surface area contributed by atoms with E-state index in [9.17, 15) is 4.79 Å². The summed E-state index contributed by atoms with van der Waals surface area (Å²) in [6.45, 7) is 6.08. The van der Waals surface area contributed by atoms with Crippen molar-refractivity contribution in [1.29, 1.82) is 0 Å². The lowest BCUT2D eigenvalue weighted by Crippen LogP contribution is -2.36. The normalized spacial score (nSPS) is 24.9. The zero-order chi connectivity index (χ0) is 21.2. The number of benzene rings is 1. The van der Waals surface area contributed by atoms with E-state index in [1.807, 2.05) is 13.8 Å². The van der Waals surface area contributed by atoms with Crippen LogP contribution in [0.2, 0.25) is 10.0 Å². The van der Waals surface area contributed by atoms with E-state index in [-0.39, 0.29) is 11.0 Å². The summed E-state index contributed by atoms with van der Waals surface area (Å²) in [7, 11) is 0. The molecule has 9 heteroatoms. The van der Waals surface area contributed by atoms with Crippen LogP contribution in [0, 0.1) is 25.7 Å². The third kappa shape index (κ3) is 2.83. The summed E-state index contributed by atoms with van der Waals surface area (Å²) in [4.78, 5) is 24.6. The molecule has 1 aliphatic carbocycles. The van der Waals surface area contributed by atoms with Crippen LogP contribution >= 0.6 is 34.5 Å². The summed E-state index contributed by atoms with van der Waals surface area (Å²) in [6, 6.07) is 6.80. The first-order valence-corrected chi connectivity index (χ1v) is 11.4. The molecule has 0 spiro atoms. The monoisotopic (exact) mass is 461 g/mol. The van der Waals surface area contributed by atoms with Gasteiger partial charge in [0.2, 0.25) is 0 Å². The molecule has 5 rings (SSSR count). The number of hydrogen-bond donors (Lipinski definition) is 1. The van der Waals surface area contributed by atoms with Gasteiger partial charge in [0.05, 0.1) is 15.7 Å². The number of aryl methyl sites for hydroxylation is 2. The molecule has 0 unspecified atom stereocenters. The minimum atomic E-state index is -0.178. The highest BCUT2D eigenvalue weighted by Crippen LogP contribution is 2.63. The number of thiazole rings is 1. The molecule has 1 aromatic carbocycles. The van der Waals surface area contributed by atoms with Crippen molar-refractivity contribution in [3.8, 4) is 5.69 Å². The van der Waals surface area contributed by atoms with Gasteiger partial charge in [-0.1, -0.05) is 29.3 Å². The number of hydrogen-bond acceptors (Lipinski definition) is 6. The van der Waals surface area contributed by atoms with Crippen LogP contribution in [-0.4, -0.2) is 34.2 Å². The number of rotatable bonds is 4. The SMILES string of the molecule is Cc1csc([C@]2(CN)[C@@H]3CN(c4cc(=O)n(-c5cccc(Cl)c5Cl)c(C)n4)C[C@@H]32)n1. The van der Waals surface area contributed by atoms with Crippen LogP contribution in [0.4, 0.5) is 5.82 Å². The predicted molar refractivity (Wildman–Crippen MR) is 121 cm³/mol. The smallest absolute Gasteiger partial charge is 0.260 e. The molecule has 0 radical (unpaired) electrons. The van der Waals surface area contributed by atoms with Crippen molar-refractivity contribution >= 4 is 40.4 Å². The number of fused-ring (bicyclic) bond motifs is 1. The molecule has 3 heterocycles. The molecular formula is C21H21Cl2N5OS. The van der Waals surface area contributed by atoms with Crippen LogP contribution in [0.1, 0.15) is 16.5 Å². The molecule has 3 aromatic rings. The molecule has 30 heavy (non-hydrogen) atoms. The largest absolute Gasteiger partial charge is 0.356 e. The van der Waals surface area contributed by atoms with Crippen molar-refractivity contribution < 1.29 is 0 Å². The highest BCUT2D eigenvalue weighted by Gasteiger charge is 2.69. The van der Waals surface area contributed by atoms with Crippen molar-refractivity contribution in [1.82, 2.24) is 14.5 Å². The van der Waals surface area contributed by atoms with Gasteiger partial charge in [0, 0.05) is 42.2 Å². The second-order valence-electron chi connectivity index (χ2n) is 8.06. The number of nitrogens with zero attached hydrogens (tertiary/aromatic N) is 4. The van der Waals surface area contributed by atoms with Gasteiger partial charge in [-0.2, -0.15) is 0 Å². The van der Waals surface area contributed by atoms with E-state index in [2.05, 4.69) is 10.3 Å². The van der Waals surface area contributed by atoms with E-state index < -0.39 is 0 Å². The topological polar surface area (TPSA) is 77.0 Å². The fourth-order valence-electron chi connectivity index (χ4n) is 4.90. The second-order valence-corrected chi connectivity index (χ2v) is 9.71. The van der Waals surface area contributed by atoms with Crippen LogP contribution in [-0.2, 0) is 5.41 Å². The third-order valence-corrected chi connectivity index (χ3v) is 8.42. The van der Waals surface area contributed by atoms with E-state index in [1.165, 1.54) is 4.57 Å². The average Bonchev–Trinajstić information content (AvgIpc) is 3.06. The van der Waals surface area contributed by atoms with Gasteiger partial charge in [-0.05, 0) is 37.8 Å². The van der Waals surface area contributed by atoms with Gasteiger partial charge < -0.3 is 10.6 Å². The summed E-state index contributed by atoms with van der Waals surface area (Å²) in [5.41, 5.74) is 7.59. The predicted octanol–water partition coefficient (Wildman–Crippen LogP) is 3.58. The standard InChI is InChI=1S/C21H21Cl2N5OS/c1-11-9-30-20(25-11)21(10-24)13-7-27(8-14(13)21)17-6-18(29)28(12(2)26-17)16-5-3-4-15(22)19(16)23/h3-6,9,13-14H,7-8,10,24H2,1-2H3/t13-,14+,21-. The summed E-state index contributed by atoms with van der Waals surface area (Å²) in [5.74, 6) is 2.16. The first-order chi connectivity index (χ1) is 14.4. The summed E-state index contributed by atoms with van der Waals surface area (Å²) < 4.78 is 1.50. The Hall–Kier alpha value is -1.93. The van der Waals surface area contributed by atoms with Gasteiger partial charge in [-0.15, -0.1) is 11.3 Å². The molecule has 1 saturated carbocycles. The number of aromatic nitrogens is 3. The first-order valence-electron chi connectivity index (χ1n) is 9.79. The molecule has 2 aromatic heterocycles. The third-order valence-electron chi connectivity index (χ3n) is 6.46. The van der Waals surface area contributed by atoms with Crippen LogP contribution in [0.25, 0.3) is 5.69 Å². The number of anilines is 1. The van der Waals surface area contributed by atoms with Crippen LogP contribution in [0.3, 0.4) is 0 Å². The van der Waals surface area contributed by atoms with Gasteiger partial charge in [0.1, 0.15) is 16.6 Å². The molecular weight excluding hydrogens is 441 g/mol. The Bertz CT molecular complexity index is 1190. The fraction of sp³-hybridized carbons (Fsp3) is 0.381. The molecule has 2 fully saturated rings. The molecule has 1 saturated heterocycles. The van der Waals surface area contributed by atoms with E-state index >= 15 is 0 Å². The maximum atomic E-state index is 12.9. The molecule has 3 atom stereocenters. The van der Waals surface area contributed by atoms with E-state index in [0.29, 0.717) is 45.8 Å². The maximum absolute atomic E-state index is 12.9. The van der Waals surface area contributed by atoms with E-state index in [0.717, 1.165) is 23.8 Å². The van der Waals surface area contributed by atoms with Gasteiger partial charge in [0.15, 0.2) is 0 Å². The van der Waals surface area contributed by atoms with E-state index in [1.54, 1.807) is 35.6 Å². The highest BCUT2D eigenvalue weighted by atomic mass is 35.5. The maximum Gasteiger partial charge on any atom is 0.260 e. The molecule has 0 bridgehead atoms. The summed E-state index contributed by atoms with van der Waals surface area (Å²) in [6.07, 6.45) is 0. The van der Waals surface area contributed by atoms with Gasteiger partial charge in [-0.3, -0.25) is 9.36 Å². The van der Waals surface area contributed by atoms with Gasteiger partial charge in [-0.25, -0.2) is 9.97 Å². The molecule has 2 N–H and O–H groups in total. The lowest BCUT2D eigenvalue weighted by Gasteiger charge is -2.26. The Morgan fingerprint density at radius 1 is 1.23 bits per heavy atom. The van der Waals surface area contributed by atoms with Gasteiger partial charge in [0.25, 0.3) is 5.56 Å². The Labute approximate surface area is 188 Å². The minimum Gasteiger partial charge on any atom is -0.356 e. The van der Waals surface area contributed by atoms with Crippen LogP contribution in [0.15, 0.2) is 34.4 Å². The highest BCUT2D eigenvalue weighted by molar-refractivity contribution is 7.09. The molecule has 0 amide bonds. The Morgan fingerprint density at radius 2 is 1.97 bits per heavy atom. The second kappa shape index (κ2) is 7.05. The average molecular weight is 462 g/mol. The summed E-state index contributed by atoms with van der Waals surface area (Å²) >= 11 is 14.2. The number of piperidine rings is 1. The van der Waals surface area contributed by atoms with Crippen molar-refractivity contribution in [3.63, 3.8) is 0 Å². The zero-order valence-electron chi connectivity index (χ0n) is 16.6. The van der Waals surface area contributed by atoms with E-state index in [4.69, 9.17) is 38.9 Å². The number of nitrogens with two attached hydrogens (primary N) is 1. The van der Waals surface area contributed by atoms with Gasteiger partial charge >= 0.3 is 0 Å². The number of halogens is 2. The lowest BCUT2D eigenvalue weighted by atomic mass is 10.0. The molecule has 6 nitrogen and oxygen atoms in total. The van der Waals surface area contributed by atoms with Crippen molar-refractivity contribution in [2.24, 2.45) is 17.6 Å². The Balaban J connectivity index is 1.43. The van der Waals surface area contributed by atoms with Crippen molar-refractivity contribution in [2.45, 2.75) is 19.3 Å². The minimum absolute atomic E-state index is 0.0201. The Morgan fingerprint density at radius 3 is 2.57 bits per heavy atom. The zero-order valence-corrected chi connectivity index (χ0v) is 18.9. The van der Waals surface area contributed by atoms with Crippen molar-refractivity contribution in [3.05, 3.63) is 66.6 Å². The summed E-state index contributed by atoms with van der Waals surface area (Å²) in [5, 5.41) is 3.98. The molecule has 1 aliphatic heterocycles.